The van der Waals surface area contributed by atoms with E-state index in [0.29, 0.717) is 17.5 Å². The Morgan fingerprint density at radius 1 is 1.53 bits per heavy atom. The number of aliphatic hydroxyl groups is 1. The Bertz CT molecular complexity index is 296. The highest BCUT2D eigenvalue weighted by Gasteiger charge is 2.21. The van der Waals surface area contributed by atoms with Crippen molar-refractivity contribution in [3.8, 4) is 0 Å². The second-order valence-corrected chi connectivity index (χ2v) is 4.97. The van der Waals surface area contributed by atoms with Gasteiger partial charge >= 0.3 is 0 Å². The summed E-state index contributed by atoms with van der Waals surface area (Å²) in [5.41, 5.74) is 5.26. The molecular formula is C9H17N3O2S. The van der Waals surface area contributed by atoms with E-state index in [-0.39, 0.29) is 6.61 Å². The lowest BCUT2D eigenvalue weighted by molar-refractivity contribution is 0.296. The second-order valence-electron chi connectivity index (χ2n) is 3.86. The fourth-order valence-corrected chi connectivity index (χ4v) is 1.67. The van der Waals surface area contributed by atoms with Crippen LogP contribution in [0, 0.1) is 0 Å². The van der Waals surface area contributed by atoms with Gasteiger partial charge in [0.05, 0.1) is 11.3 Å². The minimum absolute atomic E-state index is 0.220. The molecule has 0 atom stereocenters. The average molecular weight is 231 g/mol. The maximum Gasteiger partial charge on any atom is 0.236 e. The van der Waals surface area contributed by atoms with Gasteiger partial charge in [-0.2, -0.15) is 16.7 Å². The Morgan fingerprint density at radius 2 is 2.27 bits per heavy atom. The smallest absolute Gasteiger partial charge is 0.236 e. The van der Waals surface area contributed by atoms with Crippen LogP contribution in [0.5, 0.6) is 0 Å². The summed E-state index contributed by atoms with van der Waals surface area (Å²) in [5.74, 6) is 2.68. The van der Waals surface area contributed by atoms with Crippen LogP contribution < -0.4 is 5.73 Å². The first-order valence-electron chi connectivity index (χ1n) is 4.84. The lowest BCUT2D eigenvalue weighted by Crippen LogP contribution is -2.30. The van der Waals surface area contributed by atoms with Crippen molar-refractivity contribution >= 4 is 11.8 Å². The molecule has 0 bridgehead atoms. The summed E-state index contributed by atoms with van der Waals surface area (Å²) in [6.45, 7) is 3.89. The van der Waals surface area contributed by atoms with E-state index in [1.54, 1.807) is 11.8 Å². The molecule has 0 saturated heterocycles. The fourth-order valence-electron chi connectivity index (χ4n) is 0.901. The fraction of sp³-hybridized carbons (Fsp3) is 0.778. The molecule has 1 heterocycles. The standard InChI is InChI=1S/C9H17N3O2S/c1-9(2,10)8-11-7(14-12-8)6-15-5-3-4-13/h13H,3-6,10H2,1-2H3. The minimum atomic E-state index is -0.558. The maximum atomic E-state index is 8.59. The van der Waals surface area contributed by atoms with Gasteiger partial charge in [0.25, 0.3) is 0 Å². The molecule has 0 spiro atoms. The number of aromatic nitrogens is 2. The number of hydrogen-bond acceptors (Lipinski definition) is 6. The lowest BCUT2D eigenvalue weighted by Gasteiger charge is -2.11. The largest absolute Gasteiger partial charge is 0.396 e. The van der Waals surface area contributed by atoms with Crippen molar-refractivity contribution in [3.63, 3.8) is 0 Å². The van der Waals surface area contributed by atoms with Gasteiger partial charge in [-0.25, -0.2) is 0 Å². The van der Waals surface area contributed by atoms with Crippen LogP contribution in [0.3, 0.4) is 0 Å². The summed E-state index contributed by atoms with van der Waals surface area (Å²) in [6.07, 6.45) is 0.786. The molecule has 0 amide bonds. The molecule has 0 fully saturated rings. The Kier molecular flexibility index (Phi) is 4.56. The van der Waals surface area contributed by atoms with Gasteiger partial charge < -0.3 is 15.4 Å². The quantitative estimate of drug-likeness (QED) is 0.707. The topological polar surface area (TPSA) is 85.2 Å². The van der Waals surface area contributed by atoms with E-state index in [2.05, 4.69) is 10.1 Å². The van der Waals surface area contributed by atoms with Gasteiger partial charge in [0, 0.05) is 6.61 Å². The molecule has 0 aromatic carbocycles. The van der Waals surface area contributed by atoms with E-state index in [9.17, 15) is 0 Å². The molecule has 15 heavy (non-hydrogen) atoms. The van der Waals surface area contributed by atoms with Crippen LogP contribution in [0.2, 0.25) is 0 Å². The molecule has 6 heteroatoms. The summed E-state index contributed by atoms with van der Waals surface area (Å²) in [5, 5.41) is 12.4. The van der Waals surface area contributed by atoms with Crippen LogP contribution in [-0.4, -0.2) is 27.6 Å². The molecule has 0 unspecified atom stereocenters. The van der Waals surface area contributed by atoms with Crippen molar-refractivity contribution in [2.24, 2.45) is 5.73 Å². The first-order valence-corrected chi connectivity index (χ1v) is 6.00. The van der Waals surface area contributed by atoms with Crippen LogP contribution in [0.4, 0.5) is 0 Å². The van der Waals surface area contributed by atoms with Crippen molar-refractivity contribution < 1.29 is 9.63 Å². The third-order valence-corrected chi connectivity index (χ3v) is 2.75. The minimum Gasteiger partial charge on any atom is -0.396 e. The summed E-state index contributed by atoms with van der Waals surface area (Å²) in [7, 11) is 0. The van der Waals surface area contributed by atoms with Crippen LogP contribution in [0.15, 0.2) is 4.52 Å². The van der Waals surface area contributed by atoms with E-state index in [4.69, 9.17) is 15.4 Å². The van der Waals surface area contributed by atoms with Gasteiger partial charge in [-0.3, -0.25) is 0 Å². The number of nitrogens with two attached hydrogens (primary N) is 1. The van der Waals surface area contributed by atoms with Gasteiger partial charge in [-0.15, -0.1) is 0 Å². The Labute approximate surface area is 93.4 Å². The van der Waals surface area contributed by atoms with Gasteiger partial charge in [0.1, 0.15) is 0 Å². The molecular weight excluding hydrogens is 214 g/mol. The van der Waals surface area contributed by atoms with E-state index in [0.717, 1.165) is 12.2 Å². The third-order valence-electron chi connectivity index (χ3n) is 1.72. The van der Waals surface area contributed by atoms with E-state index < -0.39 is 5.54 Å². The van der Waals surface area contributed by atoms with Crippen molar-refractivity contribution in [2.45, 2.75) is 31.6 Å². The summed E-state index contributed by atoms with van der Waals surface area (Å²) in [6, 6.07) is 0. The molecule has 1 aromatic heterocycles. The van der Waals surface area contributed by atoms with Crippen LogP contribution in [0.25, 0.3) is 0 Å². The highest BCUT2D eigenvalue weighted by molar-refractivity contribution is 7.98. The number of thioether (sulfide) groups is 1. The number of aliphatic hydroxyl groups excluding tert-OH is 1. The van der Waals surface area contributed by atoms with E-state index >= 15 is 0 Å². The molecule has 1 rings (SSSR count). The molecule has 0 aliphatic heterocycles. The molecule has 86 valence electrons. The van der Waals surface area contributed by atoms with E-state index in [1.165, 1.54) is 0 Å². The second kappa shape index (κ2) is 5.48. The molecule has 0 aliphatic rings. The van der Waals surface area contributed by atoms with Gasteiger partial charge in [-0.05, 0) is 26.0 Å². The van der Waals surface area contributed by atoms with Crippen molar-refractivity contribution in [1.29, 1.82) is 0 Å². The first-order chi connectivity index (χ1) is 7.04. The van der Waals surface area contributed by atoms with Crippen LogP contribution in [0.1, 0.15) is 32.0 Å². The number of rotatable bonds is 6. The highest BCUT2D eigenvalue weighted by atomic mass is 32.2. The Hall–Kier alpha value is -0.590. The van der Waals surface area contributed by atoms with Gasteiger partial charge in [0.15, 0.2) is 5.82 Å². The predicted octanol–water partition coefficient (Wildman–Crippen LogP) is 0.879. The number of nitrogens with zero attached hydrogens (tertiary/aromatic N) is 2. The molecule has 0 aliphatic carbocycles. The molecule has 5 nitrogen and oxygen atoms in total. The molecule has 3 N–H and O–H groups in total. The zero-order valence-corrected chi connectivity index (χ0v) is 9.88. The summed E-state index contributed by atoms with van der Waals surface area (Å²) in [4.78, 5) is 4.19. The average Bonchev–Trinajstić information content (AvgIpc) is 2.60. The normalized spacial score (nSPS) is 12.0. The lowest BCUT2D eigenvalue weighted by atomic mass is 10.1. The van der Waals surface area contributed by atoms with Crippen LogP contribution in [-0.2, 0) is 11.3 Å². The zero-order chi connectivity index (χ0) is 11.3. The van der Waals surface area contributed by atoms with Gasteiger partial charge in [-0.1, -0.05) is 5.16 Å². The molecule has 0 saturated carbocycles. The van der Waals surface area contributed by atoms with E-state index in [1.807, 2.05) is 13.8 Å². The van der Waals surface area contributed by atoms with Gasteiger partial charge in [0.2, 0.25) is 5.89 Å². The summed E-state index contributed by atoms with van der Waals surface area (Å²) < 4.78 is 5.05. The monoisotopic (exact) mass is 231 g/mol. The molecule has 1 aromatic rings. The summed E-state index contributed by atoms with van der Waals surface area (Å²) >= 11 is 1.66. The zero-order valence-electron chi connectivity index (χ0n) is 9.06. The van der Waals surface area contributed by atoms with Crippen molar-refractivity contribution in [2.75, 3.05) is 12.4 Å². The first kappa shape index (κ1) is 12.5. The third kappa shape index (κ3) is 4.19. The predicted molar refractivity (Wildman–Crippen MR) is 59.4 cm³/mol. The SMILES string of the molecule is CC(C)(N)c1noc(CSCCCO)n1. The number of hydrogen-bond donors (Lipinski definition) is 2. The van der Waals surface area contributed by atoms with Crippen molar-refractivity contribution in [1.82, 2.24) is 10.1 Å². The Balaban J connectivity index is 2.40. The Morgan fingerprint density at radius 3 is 2.80 bits per heavy atom. The van der Waals surface area contributed by atoms with Crippen molar-refractivity contribution in [3.05, 3.63) is 11.7 Å². The highest BCUT2D eigenvalue weighted by Crippen LogP contribution is 2.16. The maximum absolute atomic E-state index is 8.59. The molecule has 0 radical (unpaired) electrons. The van der Waals surface area contributed by atoms with Crippen LogP contribution >= 0.6 is 11.8 Å².